The summed E-state index contributed by atoms with van der Waals surface area (Å²) in [4.78, 5) is 0. The van der Waals surface area contributed by atoms with Crippen molar-refractivity contribution in [1.82, 2.24) is 0 Å². The van der Waals surface area contributed by atoms with Crippen molar-refractivity contribution in [2.45, 2.75) is 19.3 Å². The highest BCUT2D eigenvalue weighted by Crippen LogP contribution is 2.50. The van der Waals surface area contributed by atoms with Crippen molar-refractivity contribution >= 4 is 46.4 Å². The van der Waals surface area contributed by atoms with Crippen LogP contribution in [0.2, 0.25) is 0 Å². The van der Waals surface area contributed by atoms with Crippen LogP contribution in [0.4, 0.5) is 0 Å². The van der Waals surface area contributed by atoms with E-state index in [1.165, 1.54) is 5.57 Å². The van der Waals surface area contributed by atoms with E-state index in [0.29, 0.717) is 20.1 Å². The molecule has 2 aliphatic rings. The van der Waals surface area contributed by atoms with Crippen molar-refractivity contribution in [3.05, 3.63) is 31.8 Å². The molecule has 0 radical (unpaired) electrons. The normalized spacial score (nSPS) is 23.9. The monoisotopic (exact) mass is 268 g/mol. The molecule has 2 rings (SSSR count). The zero-order chi connectivity index (χ0) is 10.3. The van der Waals surface area contributed by atoms with Crippen LogP contribution in [-0.4, -0.2) is 0 Å². The molecule has 0 bridgehead atoms. The summed E-state index contributed by atoms with van der Waals surface area (Å²) < 4.78 is 0. The fraction of sp³-hybridized carbons (Fsp3) is 0.400. The summed E-state index contributed by atoms with van der Waals surface area (Å²) in [7, 11) is 0. The molecular formula is C10H8Cl4. The fourth-order valence-corrected chi connectivity index (χ4v) is 3.12. The topological polar surface area (TPSA) is 0 Å². The molecular weight excluding hydrogens is 262 g/mol. The second kappa shape index (κ2) is 4.09. The van der Waals surface area contributed by atoms with E-state index in [-0.39, 0.29) is 5.92 Å². The average molecular weight is 270 g/mol. The predicted molar refractivity (Wildman–Crippen MR) is 62.9 cm³/mol. The molecule has 0 unspecified atom stereocenters. The maximum Gasteiger partial charge on any atom is 0.0759 e. The lowest BCUT2D eigenvalue weighted by atomic mass is 10.00. The van der Waals surface area contributed by atoms with Crippen LogP contribution in [0.5, 0.6) is 0 Å². The molecule has 0 N–H and O–H groups in total. The van der Waals surface area contributed by atoms with Gasteiger partial charge in [0.05, 0.1) is 26.0 Å². The van der Waals surface area contributed by atoms with Crippen LogP contribution in [0.3, 0.4) is 0 Å². The SMILES string of the molecule is ClC1=C(Cl)C(C2=CCCC2)C(Cl)=C1Cl. The Labute approximate surface area is 103 Å². The predicted octanol–water partition coefficient (Wildman–Crippen LogP) is 5.10. The van der Waals surface area contributed by atoms with Crippen molar-refractivity contribution in [1.29, 1.82) is 0 Å². The highest BCUT2D eigenvalue weighted by molar-refractivity contribution is 6.53. The zero-order valence-electron chi connectivity index (χ0n) is 7.29. The second-order valence-corrected chi connectivity index (χ2v) is 5.00. The summed E-state index contributed by atoms with van der Waals surface area (Å²) in [6, 6.07) is 0. The molecule has 0 saturated heterocycles. The molecule has 0 saturated carbocycles. The van der Waals surface area contributed by atoms with Gasteiger partial charge in [0.25, 0.3) is 0 Å². The summed E-state index contributed by atoms with van der Waals surface area (Å²) in [6.07, 6.45) is 5.46. The molecule has 14 heavy (non-hydrogen) atoms. The lowest BCUT2D eigenvalue weighted by molar-refractivity contribution is 0.831. The molecule has 0 heterocycles. The van der Waals surface area contributed by atoms with E-state index in [1.807, 2.05) is 0 Å². The maximum atomic E-state index is 6.09. The van der Waals surface area contributed by atoms with E-state index in [0.717, 1.165) is 19.3 Å². The van der Waals surface area contributed by atoms with Crippen molar-refractivity contribution in [3.8, 4) is 0 Å². The Hall–Kier alpha value is 0.380. The van der Waals surface area contributed by atoms with Gasteiger partial charge in [-0.15, -0.1) is 0 Å². The van der Waals surface area contributed by atoms with E-state index in [4.69, 9.17) is 46.4 Å². The third-order valence-corrected chi connectivity index (χ3v) is 4.46. The lowest BCUT2D eigenvalue weighted by Crippen LogP contribution is -2.00. The van der Waals surface area contributed by atoms with Gasteiger partial charge in [-0.1, -0.05) is 58.1 Å². The molecule has 0 aromatic carbocycles. The minimum absolute atomic E-state index is 0.0687. The Bertz CT molecular complexity index is 338. The Morgan fingerprint density at radius 3 is 2.00 bits per heavy atom. The van der Waals surface area contributed by atoms with E-state index in [1.54, 1.807) is 0 Å². The first kappa shape index (κ1) is 10.9. The Balaban J connectivity index is 2.38. The lowest BCUT2D eigenvalue weighted by Gasteiger charge is -2.12. The van der Waals surface area contributed by atoms with Crippen LogP contribution in [0.1, 0.15) is 19.3 Å². The first-order chi connectivity index (χ1) is 6.63. The van der Waals surface area contributed by atoms with E-state index in [2.05, 4.69) is 6.08 Å². The fourth-order valence-electron chi connectivity index (χ4n) is 1.86. The standard InChI is InChI=1S/C10H8Cl4/c11-7-6(5-3-1-2-4-5)8(12)10(14)9(7)13/h3,6H,1-2,4H2. The van der Waals surface area contributed by atoms with Crippen LogP contribution >= 0.6 is 46.4 Å². The largest absolute Gasteiger partial charge is 0.0864 e. The molecule has 0 spiro atoms. The zero-order valence-corrected chi connectivity index (χ0v) is 10.3. The van der Waals surface area contributed by atoms with Crippen molar-refractivity contribution in [2.24, 2.45) is 5.92 Å². The van der Waals surface area contributed by atoms with E-state index in [9.17, 15) is 0 Å². The van der Waals surface area contributed by atoms with Gasteiger partial charge in [-0.05, 0) is 19.3 Å². The quantitative estimate of drug-likeness (QED) is 0.581. The van der Waals surface area contributed by atoms with Crippen LogP contribution in [0, 0.1) is 5.92 Å². The van der Waals surface area contributed by atoms with Gasteiger partial charge in [-0.2, -0.15) is 0 Å². The van der Waals surface area contributed by atoms with Crippen molar-refractivity contribution in [3.63, 3.8) is 0 Å². The van der Waals surface area contributed by atoms with Crippen LogP contribution < -0.4 is 0 Å². The molecule has 0 aliphatic heterocycles. The third-order valence-electron chi connectivity index (χ3n) is 2.57. The Morgan fingerprint density at radius 2 is 1.57 bits per heavy atom. The Kier molecular flexibility index (Phi) is 3.18. The van der Waals surface area contributed by atoms with Gasteiger partial charge in [0.1, 0.15) is 0 Å². The molecule has 0 aromatic heterocycles. The molecule has 0 fully saturated rings. The summed E-state index contributed by atoms with van der Waals surface area (Å²) >= 11 is 24.0. The van der Waals surface area contributed by atoms with E-state index >= 15 is 0 Å². The molecule has 2 aliphatic carbocycles. The molecule has 0 nitrogen and oxygen atoms in total. The number of halogens is 4. The molecule has 0 aromatic rings. The Morgan fingerprint density at radius 1 is 1.00 bits per heavy atom. The maximum absolute atomic E-state index is 6.09. The highest BCUT2D eigenvalue weighted by Gasteiger charge is 2.33. The number of hydrogen-bond donors (Lipinski definition) is 0. The van der Waals surface area contributed by atoms with Gasteiger partial charge in [0, 0.05) is 0 Å². The summed E-state index contributed by atoms with van der Waals surface area (Å²) in [5.74, 6) is -0.0687. The van der Waals surface area contributed by atoms with Crippen molar-refractivity contribution < 1.29 is 0 Å². The van der Waals surface area contributed by atoms with Crippen molar-refractivity contribution in [2.75, 3.05) is 0 Å². The van der Waals surface area contributed by atoms with E-state index < -0.39 is 0 Å². The molecule has 4 heteroatoms. The summed E-state index contributed by atoms with van der Waals surface area (Å²) in [5, 5.41) is 1.93. The van der Waals surface area contributed by atoms with Gasteiger partial charge in [0.15, 0.2) is 0 Å². The first-order valence-electron chi connectivity index (χ1n) is 4.42. The molecule has 76 valence electrons. The van der Waals surface area contributed by atoms with Gasteiger partial charge in [0.2, 0.25) is 0 Å². The molecule has 0 amide bonds. The average Bonchev–Trinajstić information content (AvgIpc) is 2.73. The minimum Gasteiger partial charge on any atom is -0.0864 e. The number of allylic oxidation sites excluding steroid dienone is 6. The summed E-state index contributed by atoms with van der Waals surface area (Å²) in [5.41, 5.74) is 1.24. The first-order valence-corrected chi connectivity index (χ1v) is 5.93. The highest BCUT2D eigenvalue weighted by atomic mass is 35.5. The summed E-state index contributed by atoms with van der Waals surface area (Å²) in [6.45, 7) is 0. The molecule has 0 atom stereocenters. The second-order valence-electron chi connectivity index (χ2n) is 3.43. The minimum atomic E-state index is -0.0687. The van der Waals surface area contributed by atoms with Crippen LogP contribution in [-0.2, 0) is 0 Å². The smallest absolute Gasteiger partial charge is 0.0759 e. The van der Waals surface area contributed by atoms with Crippen LogP contribution in [0.15, 0.2) is 31.8 Å². The van der Waals surface area contributed by atoms with Gasteiger partial charge < -0.3 is 0 Å². The third kappa shape index (κ3) is 1.63. The van der Waals surface area contributed by atoms with Gasteiger partial charge in [-0.3, -0.25) is 0 Å². The van der Waals surface area contributed by atoms with Gasteiger partial charge >= 0.3 is 0 Å². The number of hydrogen-bond acceptors (Lipinski definition) is 0. The van der Waals surface area contributed by atoms with Gasteiger partial charge in [-0.25, -0.2) is 0 Å². The van der Waals surface area contributed by atoms with Crippen LogP contribution in [0.25, 0.3) is 0 Å². The number of rotatable bonds is 1.